The molecule has 63 heavy (non-hydrogen) atoms. The smallest absolute Gasteiger partial charge is 0.457 e. The minimum absolute atomic E-state index is 0.0852. The van der Waals surface area contributed by atoms with Gasteiger partial charge in [0.2, 0.25) is 0 Å². The molecule has 0 aliphatic rings. The molecule has 0 rings (SSSR count). The Bertz CT molecular complexity index is 1150. The monoisotopic (exact) mass is 909 g/mol. The van der Waals surface area contributed by atoms with Crippen LogP contribution in [0.25, 0.3) is 0 Å². The van der Waals surface area contributed by atoms with Gasteiger partial charge in [-0.25, -0.2) is 4.57 Å². The third-order valence-electron chi connectivity index (χ3n) is 11.4. The summed E-state index contributed by atoms with van der Waals surface area (Å²) < 4.78 is 35.2. The number of ether oxygens (including phenoxy) is 2. The lowest BCUT2D eigenvalue weighted by Gasteiger charge is -2.24. The number of phosphoric acid groups is 1. The van der Waals surface area contributed by atoms with Crippen LogP contribution in [0.2, 0.25) is 0 Å². The van der Waals surface area contributed by atoms with Crippen molar-refractivity contribution in [2.24, 2.45) is 0 Å². The molecule has 370 valence electrons. The van der Waals surface area contributed by atoms with Gasteiger partial charge in [0.1, 0.15) is 19.3 Å². The van der Waals surface area contributed by atoms with Crippen molar-refractivity contribution in [2.45, 2.75) is 238 Å². The highest BCUT2D eigenvalue weighted by Gasteiger charge is 2.26. The number of quaternary nitrogens is 1. The largest absolute Gasteiger partial charge is 0.472 e. The average molecular weight is 909 g/mol. The predicted octanol–water partition coefficient (Wildman–Crippen LogP) is 16.3. The summed E-state index contributed by atoms with van der Waals surface area (Å²) in [6.45, 7) is 5.61. The highest BCUT2D eigenvalue weighted by atomic mass is 31.2. The van der Waals surface area contributed by atoms with Gasteiger partial charge in [-0.1, -0.05) is 197 Å². The quantitative estimate of drug-likeness (QED) is 0.0214. The van der Waals surface area contributed by atoms with Crippen LogP contribution in [-0.4, -0.2) is 75.6 Å². The first-order valence-electron chi connectivity index (χ1n) is 26.4. The van der Waals surface area contributed by atoms with E-state index in [0.29, 0.717) is 24.1 Å². The molecule has 0 spiro atoms. The molecule has 0 aliphatic heterocycles. The molecule has 0 aromatic rings. The van der Waals surface area contributed by atoms with Crippen LogP contribution in [0, 0.1) is 0 Å². The third kappa shape index (κ3) is 51.3. The fourth-order valence-corrected chi connectivity index (χ4v) is 8.00. The van der Waals surface area contributed by atoms with Crippen LogP contribution in [0.5, 0.6) is 0 Å². The summed E-state index contributed by atoms with van der Waals surface area (Å²) in [7, 11) is 1.66. The van der Waals surface area contributed by atoms with E-state index < -0.39 is 13.9 Å². The van der Waals surface area contributed by atoms with Crippen LogP contribution in [0.1, 0.15) is 232 Å². The minimum atomic E-state index is -4.29. The van der Waals surface area contributed by atoms with Crippen LogP contribution >= 0.6 is 7.82 Å². The van der Waals surface area contributed by atoms with Gasteiger partial charge in [0.25, 0.3) is 0 Å². The van der Waals surface area contributed by atoms with Crippen molar-refractivity contribution in [3.8, 4) is 0 Å². The minimum Gasteiger partial charge on any atom is -0.457 e. The Hall–Kier alpha value is -1.54. The first-order valence-corrected chi connectivity index (χ1v) is 27.9. The molecule has 0 aliphatic carbocycles. The van der Waals surface area contributed by atoms with Crippen LogP contribution < -0.4 is 0 Å². The second-order valence-corrected chi connectivity index (χ2v) is 20.4. The van der Waals surface area contributed by atoms with E-state index in [1.165, 1.54) is 161 Å². The van der Waals surface area contributed by atoms with Crippen molar-refractivity contribution < 1.29 is 37.3 Å². The van der Waals surface area contributed by atoms with Gasteiger partial charge in [-0.3, -0.25) is 13.8 Å². The molecule has 0 aromatic heterocycles. The molecule has 0 fully saturated rings. The maximum Gasteiger partial charge on any atom is 0.472 e. The summed E-state index contributed by atoms with van der Waals surface area (Å²) in [5.74, 6) is -0.318. The summed E-state index contributed by atoms with van der Waals surface area (Å²) in [6.07, 6.45) is 58.7. The maximum atomic E-state index is 12.8. The molecule has 0 amide bonds. The SMILES string of the molecule is CCCCCCC/C=C\C/C=C\C/C=C\CCCCCCCCCOCC(COP(=O)(O)OCC[N+](C)(C)C)OC(=O)CCCCCCCCCCC/C=C\CCCCCCCC. The Morgan fingerprint density at radius 2 is 0.873 bits per heavy atom. The van der Waals surface area contributed by atoms with Crippen LogP contribution in [0.3, 0.4) is 0 Å². The second kappa shape index (κ2) is 47.0. The van der Waals surface area contributed by atoms with E-state index >= 15 is 0 Å². The van der Waals surface area contributed by atoms with E-state index in [9.17, 15) is 14.3 Å². The lowest BCUT2D eigenvalue weighted by molar-refractivity contribution is -0.870. The molecule has 2 atom stereocenters. The van der Waals surface area contributed by atoms with Gasteiger partial charge in [0, 0.05) is 13.0 Å². The Balaban J connectivity index is 4.16. The lowest BCUT2D eigenvalue weighted by atomic mass is 10.1. The number of allylic oxidation sites excluding steroid dienone is 8. The number of unbranched alkanes of at least 4 members (excludes halogenated alkanes) is 27. The van der Waals surface area contributed by atoms with E-state index in [1.54, 1.807) is 0 Å². The van der Waals surface area contributed by atoms with Gasteiger partial charge >= 0.3 is 13.8 Å². The number of hydrogen-bond donors (Lipinski definition) is 1. The number of likely N-dealkylation sites (N-methyl/N-ethyl adjacent to an activating group) is 1. The molecule has 0 bridgehead atoms. The highest BCUT2D eigenvalue weighted by molar-refractivity contribution is 7.47. The van der Waals surface area contributed by atoms with Crippen LogP contribution in [-0.2, 0) is 27.9 Å². The van der Waals surface area contributed by atoms with Crippen molar-refractivity contribution in [1.29, 1.82) is 0 Å². The van der Waals surface area contributed by atoms with Gasteiger partial charge in [0.05, 0.1) is 34.4 Å². The molecule has 0 aromatic carbocycles. The fourth-order valence-electron chi connectivity index (χ4n) is 7.26. The lowest BCUT2D eigenvalue weighted by Crippen LogP contribution is -2.37. The van der Waals surface area contributed by atoms with Gasteiger partial charge in [-0.15, -0.1) is 0 Å². The Kier molecular flexibility index (Phi) is 45.8. The molecule has 0 radical (unpaired) electrons. The second-order valence-electron chi connectivity index (χ2n) is 18.9. The number of carbonyl (C=O) groups is 1. The first kappa shape index (κ1) is 61.5. The molecule has 8 nitrogen and oxygen atoms in total. The van der Waals surface area contributed by atoms with E-state index in [4.69, 9.17) is 18.5 Å². The molecule has 1 N–H and O–H groups in total. The van der Waals surface area contributed by atoms with Gasteiger partial charge in [0.15, 0.2) is 0 Å². The molecule has 2 unspecified atom stereocenters. The van der Waals surface area contributed by atoms with Crippen LogP contribution in [0.4, 0.5) is 0 Å². The summed E-state index contributed by atoms with van der Waals surface area (Å²) in [5, 5.41) is 0. The predicted molar refractivity (Wildman–Crippen MR) is 270 cm³/mol. The number of esters is 1. The Morgan fingerprint density at radius 1 is 0.492 bits per heavy atom. The van der Waals surface area contributed by atoms with Crippen LogP contribution in [0.15, 0.2) is 48.6 Å². The zero-order valence-electron chi connectivity index (χ0n) is 42.1. The van der Waals surface area contributed by atoms with E-state index in [2.05, 4.69) is 62.5 Å². The summed E-state index contributed by atoms with van der Waals surface area (Å²) in [4.78, 5) is 23.0. The highest BCUT2D eigenvalue weighted by Crippen LogP contribution is 2.43. The van der Waals surface area contributed by atoms with Gasteiger partial charge in [-0.05, 0) is 77.0 Å². The topological polar surface area (TPSA) is 91.3 Å². The van der Waals surface area contributed by atoms with E-state index in [-0.39, 0.29) is 25.8 Å². The standard InChI is InChI=1S/C54H102NO7P/c1-6-8-10-12-14-16-18-20-22-24-26-27-28-30-32-34-36-38-40-42-44-46-49-59-51-53(52-61-63(57,58)60-50-48-55(3,4)5)62-54(56)47-45-43-41-39-37-35-33-31-29-25-23-21-19-17-15-13-11-9-7-2/h18,20-21,23-24,26,28,30,53H,6-17,19,22,25,27,29,31-52H2,1-5H3/p+1/b20-18-,23-21-,26-24-,30-28-. The molecule has 9 heteroatoms. The normalized spacial score (nSPS) is 13.9. The zero-order chi connectivity index (χ0) is 46.2. The van der Waals surface area contributed by atoms with Crippen molar-refractivity contribution in [2.75, 3.05) is 54.1 Å². The van der Waals surface area contributed by atoms with Crippen molar-refractivity contribution in [3.05, 3.63) is 48.6 Å². The molecule has 0 saturated heterocycles. The van der Waals surface area contributed by atoms with Crippen molar-refractivity contribution in [1.82, 2.24) is 0 Å². The molecular weight excluding hydrogens is 806 g/mol. The third-order valence-corrected chi connectivity index (χ3v) is 12.3. The Morgan fingerprint density at radius 3 is 1.32 bits per heavy atom. The molecular formula is C54H103NO7P+. The van der Waals surface area contributed by atoms with Crippen molar-refractivity contribution in [3.63, 3.8) is 0 Å². The van der Waals surface area contributed by atoms with Gasteiger partial charge < -0.3 is 18.9 Å². The summed E-state index contributed by atoms with van der Waals surface area (Å²) in [5.41, 5.74) is 0. The molecule has 0 heterocycles. The first-order chi connectivity index (χ1) is 30.6. The summed E-state index contributed by atoms with van der Waals surface area (Å²) >= 11 is 0. The van der Waals surface area contributed by atoms with Crippen molar-refractivity contribution >= 4 is 13.8 Å². The van der Waals surface area contributed by atoms with E-state index in [0.717, 1.165) is 51.4 Å². The van der Waals surface area contributed by atoms with E-state index in [1.807, 2.05) is 21.1 Å². The number of rotatable bonds is 49. The summed E-state index contributed by atoms with van der Waals surface area (Å²) in [6, 6.07) is 0. The Labute approximate surface area is 390 Å². The maximum absolute atomic E-state index is 12.8. The number of phosphoric ester groups is 1. The fraction of sp³-hybridized carbons (Fsp3) is 0.833. The number of hydrogen-bond acceptors (Lipinski definition) is 6. The zero-order valence-corrected chi connectivity index (χ0v) is 43.0. The van der Waals surface area contributed by atoms with Gasteiger partial charge in [-0.2, -0.15) is 0 Å². The molecule has 0 saturated carbocycles. The average Bonchev–Trinajstić information content (AvgIpc) is 3.24. The number of nitrogens with zero attached hydrogens (tertiary/aromatic N) is 1. The number of carbonyl (C=O) groups excluding carboxylic acids is 1.